The Balaban J connectivity index is 1.80. The maximum atomic E-state index is 12.7. The first kappa shape index (κ1) is 20.1. The highest BCUT2D eigenvalue weighted by atomic mass is 32.2. The lowest BCUT2D eigenvalue weighted by Gasteiger charge is -2.16. The molecule has 5 nitrogen and oxygen atoms in total. The Labute approximate surface area is 170 Å². The topological polar surface area (TPSA) is 54.3 Å². The number of carbonyl (C=O) groups excluding carboxylic acids is 1. The number of benzene rings is 2. The summed E-state index contributed by atoms with van der Waals surface area (Å²) in [4.78, 5) is 14.5. The highest BCUT2D eigenvalue weighted by Gasteiger charge is 2.36. The van der Waals surface area contributed by atoms with Gasteiger partial charge >= 0.3 is 0 Å². The molecule has 1 aliphatic rings. The molecule has 0 saturated carbocycles. The molecule has 0 aliphatic carbocycles. The summed E-state index contributed by atoms with van der Waals surface area (Å²) >= 11 is 1.48. The molecule has 3 rings (SSSR count). The Hall–Kier alpha value is -2.60. The van der Waals surface area contributed by atoms with Gasteiger partial charge in [0.25, 0.3) is 0 Å². The van der Waals surface area contributed by atoms with Crippen LogP contribution in [0.2, 0.25) is 0 Å². The number of thioether (sulfide) groups is 1. The number of hydrogen-bond donors (Lipinski definition) is 0. The van der Waals surface area contributed by atoms with E-state index in [0.717, 1.165) is 28.9 Å². The summed E-state index contributed by atoms with van der Waals surface area (Å²) < 4.78 is 5.20. The van der Waals surface area contributed by atoms with E-state index >= 15 is 0 Å². The molecular weight excluding hydrogens is 370 g/mol. The lowest BCUT2D eigenvalue weighted by molar-refractivity contribution is -0.126. The summed E-state index contributed by atoms with van der Waals surface area (Å²) in [6, 6.07) is 13.9. The van der Waals surface area contributed by atoms with E-state index in [0.29, 0.717) is 11.7 Å². The molecule has 0 N–H and O–H groups in total. The van der Waals surface area contributed by atoms with Crippen molar-refractivity contribution in [3.05, 3.63) is 64.7 Å². The fourth-order valence-corrected chi connectivity index (χ4v) is 4.04. The zero-order valence-electron chi connectivity index (χ0n) is 16.7. The van der Waals surface area contributed by atoms with Gasteiger partial charge in [0.05, 0.1) is 25.1 Å². The second-order valence-electron chi connectivity index (χ2n) is 6.77. The Kier molecular flexibility index (Phi) is 6.52. The predicted molar refractivity (Wildman–Crippen MR) is 116 cm³/mol. The number of carbonyl (C=O) groups is 1. The van der Waals surface area contributed by atoms with Crippen LogP contribution in [0.4, 0.5) is 0 Å². The average molecular weight is 396 g/mol. The smallest absolute Gasteiger partial charge is 0.242 e. The number of ether oxygens (including phenoxy) is 1. The van der Waals surface area contributed by atoms with E-state index in [4.69, 9.17) is 4.74 Å². The third-order valence-corrected chi connectivity index (χ3v) is 5.99. The molecule has 0 unspecified atom stereocenters. The fourth-order valence-electron chi connectivity index (χ4n) is 3.01. The molecule has 0 radical (unpaired) electrons. The third kappa shape index (κ3) is 4.62. The van der Waals surface area contributed by atoms with E-state index in [1.165, 1.54) is 17.3 Å². The molecule has 1 fully saturated rings. The molecule has 0 bridgehead atoms. The Bertz CT molecular complexity index is 906. The average Bonchev–Trinajstić information content (AvgIpc) is 2.99. The minimum Gasteiger partial charge on any atom is -0.497 e. The monoisotopic (exact) mass is 395 g/mol. The maximum absolute atomic E-state index is 12.7. The molecule has 6 heteroatoms. The van der Waals surface area contributed by atoms with Crippen LogP contribution >= 0.6 is 11.8 Å². The SMILES string of the molecule is CC[C@H]1S/C(=N\N=C/c2ccc(C)cc2C)N(Cc2ccc(OC)cc2)C1=O. The molecule has 2 aromatic carbocycles. The number of aryl methyl sites for hydroxylation is 2. The number of rotatable bonds is 6. The highest BCUT2D eigenvalue weighted by Crippen LogP contribution is 2.31. The van der Waals surface area contributed by atoms with Crippen LogP contribution in [0.3, 0.4) is 0 Å². The van der Waals surface area contributed by atoms with Gasteiger partial charge in [-0.05, 0) is 49.1 Å². The minimum absolute atomic E-state index is 0.0868. The minimum atomic E-state index is -0.103. The number of hydrogen-bond acceptors (Lipinski definition) is 5. The Morgan fingerprint density at radius 1 is 1.18 bits per heavy atom. The molecule has 146 valence electrons. The summed E-state index contributed by atoms with van der Waals surface area (Å²) in [6.07, 6.45) is 2.51. The van der Waals surface area contributed by atoms with Gasteiger partial charge in [-0.2, -0.15) is 5.10 Å². The van der Waals surface area contributed by atoms with E-state index in [1.807, 2.05) is 37.3 Å². The first-order valence-corrected chi connectivity index (χ1v) is 10.2. The van der Waals surface area contributed by atoms with E-state index in [9.17, 15) is 4.79 Å². The van der Waals surface area contributed by atoms with Gasteiger partial charge < -0.3 is 4.74 Å². The summed E-state index contributed by atoms with van der Waals surface area (Å²) in [7, 11) is 1.64. The van der Waals surface area contributed by atoms with E-state index in [1.54, 1.807) is 18.2 Å². The van der Waals surface area contributed by atoms with Gasteiger partial charge in [-0.15, -0.1) is 5.10 Å². The summed E-state index contributed by atoms with van der Waals surface area (Å²) in [6.45, 7) is 6.61. The van der Waals surface area contributed by atoms with E-state index in [-0.39, 0.29) is 11.2 Å². The van der Waals surface area contributed by atoms with Crippen molar-refractivity contribution in [2.75, 3.05) is 7.11 Å². The largest absolute Gasteiger partial charge is 0.497 e. The van der Waals surface area contributed by atoms with Crippen LogP contribution in [0, 0.1) is 13.8 Å². The molecule has 28 heavy (non-hydrogen) atoms. The van der Waals surface area contributed by atoms with Gasteiger partial charge in [-0.3, -0.25) is 9.69 Å². The molecule has 1 aliphatic heterocycles. The Morgan fingerprint density at radius 2 is 1.93 bits per heavy atom. The summed E-state index contributed by atoms with van der Waals surface area (Å²) in [5.41, 5.74) is 4.42. The molecule has 1 heterocycles. The molecule has 0 aromatic heterocycles. The van der Waals surface area contributed by atoms with Crippen LogP contribution in [-0.2, 0) is 11.3 Å². The van der Waals surface area contributed by atoms with Crippen molar-refractivity contribution >= 4 is 29.1 Å². The number of amides is 1. The van der Waals surface area contributed by atoms with E-state index < -0.39 is 0 Å². The number of amidine groups is 1. The van der Waals surface area contributed by atoms with Gasteiger partial charge in [0.2, 0.25) is 5.91 Å². The quantitative estimate of drug-likeness (QED) is 0.532. The molecule has 0 spiro atoms. The van der Waals surface area contributed by atoms with Crippen LogP contribution in [0.15, 0.2) is 52.7 Å². The standard InChI is InChI=1S/C22H25N3O2S/c1-5-20-21(26)25(14-17-7-10-19(27-4)11-8-17)22(28-20)24-23-13-18-9-6-15(2)12-16(18)3/h6-13,20H,5,14H2,1-4H3/b23-13-,24-22-/t20-/m1/s1. The van der Waals surface area contributed by atoms with Crippen molar-refractivity contribution in [3.63, 3.8) is 0 Å². The maximum Gasteiger partial charge on any atom is 0.242 e. The highest BCUT2D eigenvalue weighted by molar-refractivity contribution is 8.15. The molecule has 1 saturated heterocycles. The van der Waals surface area contributed by atoms with Crippen molar-refractivity contribution in [3.8, 4) is 5.75 Å². The Morgan fingerprint density at radius 3 is 2.57 bits per heavy atom. The van der Waals surface area contributed by atoms with Gasteiger partial charge in [0.15, 0.2) is 5.17 Å². The van der Waals surface area contributed by atoms with Crippen LogP contribution in [-0.4, -0.2) is 34.5 Å². The summed E-state index contributed by atoms with van der Waals surface area (Å²) in [5, 5.41) is 9.18. The lowest BCUT2D eigenvalue weighted by atomic mass is 10.1. The van der Waals surface area contributed by atoms with Gasteiger partial charge in [0.1, 0.15) is 5.75 Å². The second kappa shape index (κ2) is 9.06. The third-order valence-electron chi connectivity index (χ3n) is 4.66. The van der Waals surface area contributed by atoms with Crippen LogP contribution in [0.5, 0.6) is 5.75 Å². The normalized spacial score (nSPS) is 18.4. The predicted octanol–water partition coefficient (Wildman–Crippen LogP) is 4.56. The molecular formula is C22H25N3O2S. The van der Waals surface area contributed by atoms with Gasteiger partial charge in [-0.1, -0.05) is 54.6 Å². The van der Waals surface area contributed by atoms with Crippen molar-refractivity contribution in [2.24, 2.45) is 10.2 Å². The van der Waals surface area contributed by atoms with Crippen LogP contribution in [0.25, 0.3) is 0 Å². The number of nitrogens with zero attached hydrogens (tertiary/aromatic N) is 3. The zero-order chi connectivity index (χ0) is 20.1. The van der Waals surface area contributed by atoms with Crippen molar-refractivity contribution < 1.29 is 9.53 Å². The van der Waals surface area contributed by atoms with Crippen molar-refractivity contribution in [1.29, 1.82) is 0 Å². The first-order valence-electron chi connectivity index (χ1n) is 9.31. The second-order valence-corrected chi connectivity index (χ2v) is 7.94. The van der Waals surface area contributed by atoms with Gasteiger partial charge in [-0.25, -0.2) is 0 Å². The molecule has 2 aromatic rings. The van der Waals surface area contributed by atoms with Crippen molar-refractivity contribution in [2.45, 2.75) is 39.0 Å². The fraction of sp³-hybridized carbons (Fsp3) is 0.318. The molecule has 1 amide bonds. The number of methoxy groups -OCH3 is 1. The van der Waals surface area contributed by atoms with Crippen LogP contribution < -0.4 is 4.74 Å². The molecule has 1 atom stereocenters. The lowest BCUT2D eigenvalue weighted by Crippen LogP contribution is -2.31. The van der Waals surface area contributed by atoms with Crippen LogP contribution in [0.1, 0.15) is 35.6 Å². The summed E-state index contributed by atoms with van der Waals surface area (Å²) in [5.74, 6) is 0.882. The zero-order valence-corrected chi connectivity index (χ0v) is 17.5. The first-order chi connectivity index (χ1) is 13.5. The van der Waals surface area contributed by atoms with E-state index in [2.05, 4.69) is 36.2 Å². The van der Waals surface area contributed by atoms with Gasteiger partial charge in [0, 0.05) is 0 Å². The van der Waals surface area contributed by atoms with Crippen molar-refractivity contribution in [1.82, 2.24) is 4.90 Å².